The number of nitrogens with one attached hydrogen (secondary N) is 1. The van der Waals surface area contributed by atoms with Crippen LogP contribution < -0.4 is 5.32 Å². The molecule has 0 aromatic heterocycles. The van der Waals surface area contributed by atoms with Crippen LogP contribution in [0.3, 0.4) is 0 Å². The van der Waals surface area contributed by atoms with Crippen molar-refractivity contribution in [2.45, 2.75) is 65.7 Å². The number of fused-ring (bicyclic) bond motifs is 1. The zero-order chi connectivity index (χ0) is 35.8. The molecular weight excluding hydrogens is 642 g/mol. The van der Waals surface area contributed by atoms with Gasteiger partial charge in [0.15, 0.2) is 17.3 Å². The number of carboxylic acids is 1. The van der Waals surface area contributed by atoms with E-state index in [1.165, 1.54) is 6.92 Å². The second-order valence-corrected chi connectivity index (χ2v) is 12.4. The summed E-state index contributed by atoms with van der Waals surface area (Å²) < 4.78 is 0. The molecule has 3 aromatic rings. The average molecular weight is 680 g/mol. The van der Waals surface area contributed by atoms with Crippen LogP contribution in [0.1, 0.15) is 102 Å². The van der Waals surface area contributed by atoms with E-state index in [-0.39, 0.29) is 52.0 Å². The number of unbranched alkanes of at least 4 members (excludes halogenated alkanes) is 2. The highest BCUT2D eigenvalue weighted by molar-refractivity contribution is 6.50. The summed E-state index contributed by atoms with van der Waals surface area (Å²) in [5, 5.41) is 11.5. The number of benzene rings is 3. The Kier molecular flexibility index (Phi) is 12.2. The monoisotopic (exact) mass is 679 g/mol. The Balaban J connectivity index is 0.000000222. The number of ketones is 5. The van der Waals surface area contributed by atoms with E-state index in [0.717, 1.165) is 24.8 Å². The molecule has 0 bridgehead atoms. The first-order valence-corrected chi connectivity index (χ1v) is 16.4. The van der Waals surface area contributed by atoms with Gasteiger partial charge in [-0.3, -0.25) is 28.8 Å². The molecule has 0 amide bonds. The van der Waals surface area contributed by atoms with Crippen LogP contribution in [0.5, 0.6) is 0 Å². The lowest BCUT2D eigenvalue weighted by Crippen LogP contribution is -2.24. The highest BCUT2D eigenvalue weighted by Crippen LogP contribution is 2.38. The Bertz CT molecular complexity index is 1920. The maximum atomic E-state index is 12.9. The normalized spacial score (nSPS) is 15.1. The summed E-state index contributed by atoms with van der Waals surface area (Å²) in [4.78, 5) is 72.2. The molecule has 1 unspecified atom stereocenters. The minimum Gasteiger partial charge on any atom is -0.481 e. The van der Waals surface area contributed by atoms with Crippen molar-refractivity contribution in [2.75, 3.05) is 5.32 Å². The summed E-state index contributed by atoms with van der Waals surface area (Å²) in [6.07, 6.45) is 3.11. The van der Waals surface area contributed by atoms with Gasteiger partial charge in [-0.2, -0.15) is 0 Å². The molecule has 0 fully saturated rings. The molecular formula is C40H38ClNO7. The standard InChI is InChI=1S/C22H26O4.C18H12ClNO3/c1-14-15(2)22(26)20(16(3)21(14)25)18(17-10-6-4-7-11-17)12-8-5-9-13-19(23)24;1-10(21)11-6-8-12(9-7-11)20-16-15(19)17(22)13-4-2-3-5-14(13)18(16)23/h4,6-7,10-11,18H,5,8-9,12-13H2,1-3H3,(H,23,24);2-9,20H,1H3. The smallest absolute Gasteiger partial charge is 0.303 e. The van der Waals surface area contributed by atoms with E-state index in [2.05, 4.69) is 5.32 Å². The first-order valence-electron chi connectivity index (χ1n) is 16.0. The van der Waals surface area contributed by atoms with Gasteiger partial charge in [-0.15, -0.1) is 0 Å². The van der Waals surface area contributed by atoms with Gasteiger partial charge in [0, 0.05) is 57.0 Å². The summed E-state index contributed by atoms with van der Waals surface area (Å²) in [7, 11) is 0. The number of carbonyl (C=O) groups excluding carboxylic acids is 5. The summed E-state index contributed by atoms with van der Waals surface area (Å²) in [6, 6.07) is 22.9. The Hall–Kier alpha value is -5.21. The first kappa shape index (κ1) is 36.6. The van der Waals surface area contributed by atoms with E-state index < -0.39 is 5.97 Å². The summed E-state index contributed by atoms with van der Waals surface area (Å²) in [5.74, 6) is -1.78. The first-order chi connectivity index (χ1) is 23.3. The van der Waals surface area contributed by atoms with Gasteiger partial charge in [0.05, 0.1) is 0 Å². The minimum atomic E-state index is -0.785. The molecule has 8 nitrogen and oxygen atoms in total. The van der Waals surface area contributed by atoms with E-state index in [9.17, 15) is 28.8 Å². The number of hydrogen-bond acceptors (Lipinski definition) is 7. The molecule has 3 aromatic carbocycles. The Morgan fingerprint density at radius 1 is 0.694 bits per heavy atom. The van der Waals surface area contributed by atoms with Gasteiger partial charge in [0.25, 0.3) is 0 Å². The quantitative estimate of drug-likeness (QED) is 0.117. The fourth-order valence-corrected chi connectivity index (χ4v) is 6.12. The highest BCUT2D eigenvalue weighted by atomic mass is 35.5. The molecule has 2 N–H and O–H groups in total. The van der Waals surface area contributed by atoms with Gasteiger partial charge in [0.1, 0.15) is 10.7 Å². The lowest BCUT2D eigenvalue weighted by Gasteiger charge is -2.26. The third kappa shape index (κ3) is 8.45. The lowest BCUT2D eigenvalue weighted by atomic mass is 9.76. The van der Waals surface area contributed by atoms with Crippen molar-refractivity contribution >= 4 is 52.2 Å². The number of hydrogen-bond donors (Lipinski definition) is 2. The van der Waals surface area contributed by atoms with Gasteiger partial charge in [-0.1, -0.05) is 79.0 Å². The number of halogens is 1. The molecule has 252 valence electrons. The molecule has 2 aliphatic carbocycles. The van der Waals surface area contributed by atoms with E-state index in [1.54, 1.807) is 69.3 Å². The molecule has 0 saturated heterocycles. The predicted octanol–water partition coefficient (Wildman–Crippen LogP) is 8.44. The van der Waals surface area contributed by atoms with Crippen LogP contribution in [-0.4, -0.2) is 40.0 Å². The molecule has 1 atom stereocenters. The molecule has 0 radical (unpaired) electrons. The second kappa shape index (κ2) is 16.3. The van der Waals surface area contributed by atoms with Gasteiger partial charge in [0.2, 0.25) is 11.6 Å². The van der Waals surface area contributed by atoms with Crippen molar-refractivity contribution in [3.05, 3.63) is 134 Å². The van der Waals surface area contributed by atoms with Crippen molar-refractivity contribution in [3.63, 3.8) is 0 Å². The molecule has 9 heteroatoms. The third-order valence-electron chi connectivity index (χ3n) is 8.79. The molecule has 0 spiro atoms. The topological polar surface area (TPSA) is 135 Å². The van der Waals surface area contributed by atoms with Gasteiger partial charge in [-0.05, 0) is 70.4 Å². The number of rotatable bonds is 11. The maximum Gasteiger partial charge on any atom is 0.303 e. The van der Waals surface area contributed by atoms with Crippen LogP contribution >= 0.6 is 11.6 Å². The maximum absolute atomic E-state index is 12.9. The third-order valence-corrected chi connectivity index (χ3v) is 9.15. The zero-order valence-electron chi connectivity index (χ0n) is 27.9. The summed E-state index contributed by atoms with van der Waals surface area (Å²) in [5.41, 5.74) is 5.03. The fourth-order valence-electron chi connectivity index (χ4n) is 5.89. The minimum absolute atomic E-state index is 0.0426. The second-order valence-electron chi connectivity index (χ2n) is 12.1. The van der Waals surface area contributed by atoms with Crippen LogP contribution in [0.4, 0.5) is 5.69 Å². The van der Waals surface area contributed by atoms with Crippen LogP contribution in [0, 0.1) is 0 Å². The number of carboxylic acid groups (broad SMARTS) is 1. The number of Topliss-reactive ketones (excluding diaryl/α,β-unsaturated/α-hetero) is 5. The average Bonchev–Trinajstić information content (AvgIpc) is 3.10. The van der Waals surface area contributed by atoms with Crippen molar-refractivity contribution < 1.29 is 33.9 Å². The van der Waals surface area contributed by atoms with Crippen molar-refractivity contribution in [1.29, 1.82) is 0 Å². The van der Waals surface area contributed by atoms with Crippen molar-refractivity contribution in [3.8, 4) is 0 Å². The lowest BCUT2D eigenvalue weighted by molar-refractivity contribution is -0.137. The SMILES string of the molecule is CC(=O)c1ccc(NC2=C(Cl)C(=O)c3ccccc3C2=O)cc1.CC1=C(C)C(=O)C(C(CCCCCC(=O)O)c2ccccc2)=C(C)C1=O. The highest BCUT2D eigenvalue weighted by Gasteiger charge is 2.33. The van der Waals surface area contributed by atoms with Gasteiger partial charge < -0.3 is 10.4 Å². The number of carbonyl (C=O) groups is 6. The Labute approximate surface area is 290 Å². The zero-order valence-corrected chi connectivity index (χ0v) is 28.6. The van der Waals surface area contributed by atoms with Gasteiger partial charge >= 0.3 is 5.97 Å². The summed E-state index contributed by atoms with van der Waals surface area (Å²) >= 11 is 6.08. The van der Waals surface area contributed by atoms with Crippen LogP contribution in [0.15, 0.2) is 112 Å². The molecule has 0 aliphatic heterocycles. The molecule has 0 heterocycles. The van der Waals surface area contributed by atoms with Crippen LogP contribution in [0.2, 0.25) is 0 Å². The van der Waals surface area contributed by atoms with Crippen molar-refractivity contribution in [2.24, 2.45) is 0 Å². The number of aliphatic carboxylic acids is 1. The molecule has 2 aliphatic rings. The largest absolute Gasteiger partial charge is 0.481 e. The Morgan fingerprint density at radius 2 is 1.27 bits per heavy atom. The molecule has 0 saturated carbocycles. The van der Waals surface area contributed by atoms with E-state index in [4.69, 9.17) is 16.7 Å². The number of anilines is 1. The van der Waals surface area contributed by atoms with Crippen LogP contribution in [0.25, 0.3) is 0 Å². The predicted molar refractivity (Wildman–Crippen MR) is 189 cm³/mol. The molecule has 49 heavy (non-hydrogen) atoms. The van der Waals surface area contributed by atoms with E-state index in [1.807, 2.05) is 30.3 Å². The fraction of sp³-hybridized carbons (Fsp3) is 0.250. The Morgan fingerprint density at radius 3 is 1.86 bits per heavy atom. The van der Waals surface area contributed by atoms with Crippen LogP contribution in [-0.2, 0) is 14.4 Å². The van der Waals surface area contributed by atoms with Crippen molar-refractivity contribution in [1.82, 2.24) is 0 Å². The number of allylic oxidation sites excluding steroid dienone is 6. The molecule has 5 rings (SSSR count). The van der Waals surface area contributed by atoms with Gasteiger partial charge in [-0.25, -0.2) is 0 Å². The van der Waals surface area contributed by atoms with E-state index in [0.29, 0.717) is 51.1 Å². The summed E-state index contributed by atoms with van der Waals surface area (Å²) in [6.45, 7) is 6.64. The van der Waals surface area contributed by atoms with E-state index >= 15 is 0 Å².